The number of terminal acetylenes is 1. The van der Waals surface area contributed by atoms with E-state index >= 15 is 0 Å². The molecule has 0 spiro atoms. The van der Waals surface area contributed by atoms with Gasteiger partial charge in [0.25, 0.3) is 0 Å². The fourth-order valence-electron chi connectivity index (χ4n) is 1.26. The van der Waals surface area contributed by atoms with E-state index in [-0.39, 0.29) is 0 Å². The lowest BCUT2D eigenvalue weighted by Crippen LogP contribution is -1.93. The Bertz CT molecular complexity index is 292. The number of benzene rings is 1. The van der Waals surface area contributed by atoms with Gasteiger partial charge in [0, 0.05) is 0 Å². The van der Waals surface area contributed by atoms with E-state index in [1.54, 1.807) is 0 Å². The molecule has 0 saturated carbocycles. The van der Waals surface area contributed by atoms with Crippen molar-refractivity contribution in [1.82, 2.24) is 0 Å². The van der Waals surface area contributed by atoms with Gasteiger partial charge in [-0.2, -0.15) is 0 Å². The standard InChI is InChI=1S/C13H16O/c1-3-5-6-12-7-9-13(10-8-12)14-11-4-2/h2,7-10H,3,5-6,11H2,1H3. The van der Waals surface area contributed by atoms with Crippen molar-refractivity contribution in [2.24, 2.45) is 0 Å². The highest BCUT2D eigenvalue weighted by molar-refractivity contribution is 5.27. The molecule has 1 heteroatoms. The quantitative estimate of drug-likeness (QED) is 0.645. The van der Waals surface area contributed by atoms with E-state index in [2.05, 4.69) is 25.0 Å². The highest BCUT2D eigenvalue weighted by Gasteiger charge is 1.94. The van der Waals surface area contributed by atoms with E-state index < -0.39 is 0 Å². The summed E-state index contributed by atoms with van der Waals surface area (Å²) in [6.45, 7) is 2.54. The van der Waals surface area contributed by atoms with E-state index in [1.807, 2.05) is 12.1 Å². The second-order valence-electron chi connectivity index (χ2n) is 3.24. The summed E-state index contributed by atoms with van der Waals surface area (Å²) in [5.41, 5.74) is 1.36. The van der Waals surface area contributed by atoms with Gasteiger partial charge in [0.2, 0.25) is 0 Å². The van der Waals surface area contributed by atoms with Crippen LogP contribution >= 0.6 is 0 Å². The van der Waals surface area contributed by atoms with Crippen molar-refractivity contribution in [2.45, 2.75) is 26.2 Å². The van der Waals surface area contributed by atoms with Gasteiger partial charge < -0.3 is 4.74 Å². The zero-order valence-electron chi connectivity index (χ0n) is 8.62. The number of ether oxygens (including phenoxy) is 1. The Balaban J connectivity index is 2.47. The maximum atomic E-state index is 5.28. The minimum absolute atomic E-state index is 0.342. The Morgan fingerprint density at radius 1 is 1.29 bits per heavy atom. The van der Waals surface area contributed by atoms with Gasteiger partial charge >= 0.3 is 0 Å². The summed E-state index contributed by atoms with van der Waals surface area (Å²) in [6.07, 6.45) is 8.71. The highest BCUT2D eigenvalue weighted by atomic mass is 16.5. The van der Waals surface area contributed by atoms with Crippen LogP contribution in [0.5, 0.6) is 5.75 Å². The van der Waals surface area contributed by atoms with E-state index in [4.69, 9.17) is 11.2 Å². The monoisotopic (exact) mass is 188 g/mol. The zero-order valence-corrected chi connectivity index (χ0v) is 8.62. The minimum atomic E-state index is 0.342. The molecule has 1 rings (SSSR count). The third-order valence-corrected chi connectivity index (χ3v) is 2.06. The molecule has 0 radical (unpaired) electrons. The van der Waals surface area contributed by atoms with Crippen LogP contribution in [0.1, 0.15) is 25.3 Å². The molecule has 0 aromatic heterocycles. The molecular formula is C13H16O. The van der Waals surface area contributed by atoms with Crippen LogP contribution in [0.15, 0.2) is 24.3 Å². The smallest absolute Gasteiger partial charge is 0.148 e. The molecule has 0 amide bonds. The summed E-state index contributed by atoms with van der Waals surface area (Å²) in [5, 5.41) is 0. The number of rotatable bonds is 5. The van der Waals surface area contributed by atoms with Crippen molar-refractivity contribution in [3.8, 4) is 18.1 Å². The molecule has 1 aromatic carbocycles. The van der Waals surface area contributed by atoms with Crippen LogP contribution in [-0.2, 0) is 6.42 Å². The van der Waals surface area contributed by atoms with Crippen LogP contribution in [-0.4, -0.2) is 6.61 Å². The zero-order chi connectivity index (χ0) is 10.2. The first-order valence-electron chi connectivity index (χ1n) is 5.02. The first kappa shape index (κ1) is 10.7. The summed E-state index contributed by atoms with van der Waals surface area (Å²) in [7, 11) is 0. The molecule has 14 heavy (non-hydrogen) atoms. The van der Waals surface area contributed by atoms with Gasteiger partial charge in [-0.3, -0.25) is 0 Å². The Labute approximate surface area is 86.1 Å². The topological polar surface area (TPSA) is 9.23 Å². The van der Waals surface area contributed by atoms with E-state index in [0.29, 0.717) is 6.61 Å². The Morgan fingerprint density at radius 2 is 2.00 bits per heavy atom. The summed E-state index contributed by atoms with van der Waals surface area (Å²) in [6, 6.07) is 8.15. The van der Waals surface area contributed by atoms with Gasteiger partial charge in [0.05, 0.1) is 0 Å². The molecule has 1 aromatic rings. The molecule has 0 unspecified atom stereocenters. The van der Waals surface area contributed by atoms with Crippen LogP contribution < -0.4 is 4.74 Å². The van der Waals surface area contributed by atoms with Crippen molar-refractivity contribution in [1.29, 1.82) is 0 Å². The molecule has 0 saturated heterocycles. The van der Waals surface area contributed by atoms with Crippen molar-refractivity contribution in [3.05, 3.63) is 29.8 Å². The van der Waals surface area contributed by atoms with Crippen LogP contribution in [0.3, 0.4) is 0 Å². The normalized spacial score (nSPS) is 9.43. The van der Waals surface area contributed by atoms with Gasteiger partial charge in [0.1, 0.15) is 12.4 Å². The molecule has 0 aliphatic carbocycles. The summed E-state index contributed by atoms with van der Waals surface area (Å²) in [5.74, 6) is 3.29. The number of hydrogen-bond donors (Lipinski definition) is 0. The molecular weight excluding hydrogens is 172 g/mol. The van der Waals surface area contributed by atoms with E-state index in [1.165, 1.54) is 18.4 Å². The molecule has 0 aliphatic heterocycles. The third kappa shape index (κ3) is 3.53. The first-order valence-corrected chi connectivity index (χ1v) is 5.02. The van der Waals surface area contributed by atoms with Gasteiger partial charge in [-0.05, 0) is 30.5 Å². The Kier molecular flexibility index (Phi) is 4.64. The molecule has 0 N–H and O–H groups in total. The van der Waals surface area contributed by atoms with Gasteiger partial charge in [-0.15, -0.1) is 6.42 Å². The second-order valence-corrected chi connectivity index (χ2v) is 3.24. The number of hydrogen-bond acceptors (Lipinski definition) is 1. The molecule has 74 valence electrons. The summed E-state index contributed by atoms with van der Waals surface area (Å²) >= 11 is 0. The maximum absolute atomic E-state index is 5.28. The Hall–Kier alpha value is -1.42. The average molecular weight is 188 g/mol. The molecule has 0 heterocycles. The van der Waals surface area contributed by atoms with Crippen LogP contribution in [0.4, 0.5) is 0 Å². The number of aryl methyl sites for hydroxylation is 1. The third-order valence-electron chi connectivity index (χ3n) is 2.06. The van der Waals surface area contributed by atoms with E-state index in [9.17, 15) is 0 Å². The highest BCUT2D eigenvalue weighted by Crippen LogP contribution is 2.13. The fraction of sp³-hybridized carbons (Fsp3) is 0.385. The van der Waals surface area contributed by atoms with Crippen molar-refractivity contribution >= 4 is 0 Å². The molecule has 0 atom stereocenters. The average Bonchev–Trinajstić information content (AvgIpc) is 2.25. The fourth-order valence-corrected chi connectivity index (χ4v) is 1.26. The van der Waals surface area contributed by atoms with Crippen LogP contribution in [0, 0.1) is 12.3 Å². The molecule has 1 nitrogen and oxygen atoms in total. The molecule has 0 bridgehead atoms. The maximum Gasteiger partial charge on any atom is 0.148 e. The van der Waals surface area contributed by atoms with E-state index in [0.717, 1.165) is 12.2 Å². The predicted octanol–water partition coefficient (Wildman–Crippen LogP) is 3.04. The van der Waals surface area contributed by atoms with Crippen LogP contribution in [0.2, 0.25) is 0 Å². The van der Waals surface area contributed by atoms with Gasteiger partial charge in [-0.25, -0.2) is 0 Å². The lowest BCUT2D eigenvalue weighted by molar-refractivity contribution is 0.370. The molecule has 0 fully saturated rings. The van der Waals surface area contributed by atoms with Gasteiger partial charge in [0.15, 0.2) is 0 Å². The number of unbranched alkanes of at least 4 members (excludes halogenated alkanes) is 1. The lowest BCUT2D eigenvalue weighted by Gasteiger charge is -2.03. The molecule has 0 aliphatic rings. The summed E-state index contributed by atoms with van der Waals surface area (Å²) in [4.78, 5) is 0. The van der Waals surface area contributed by atoms with Crippen LogP contribution in [0.25, 0.3) is 0 Å². The van der Waals surface area contributed by atoms with Crippen molar-refractivity contribution in [2.75, 3.05) is 6.61 Å². The second kappa shape index (κ2) is 6.10. The minimum Gasteiger partial charge on any atom is -0.481 e. The van der Waals surface area contributed by atoms with Crippen molar-refractivity contribution < 1.29 is 4.74 Å². The predicted molar refractivity (Wildman–Crippen MR) is 59.4 cm³/mol. The largest absolute Gasteiger partial charge is 0.481 e. The SMILES string of the molecule is C#CCOc1ccc(CCCC)cc1. The Morgan fingerprint density at radius 3 is 2.57 bits per heavy atom. The van der Waals surface area contributed by atoms with Crippen molar-refractivity contribution in [3.63, 3.8) is 0 Å². The summed E-state index contributed by atoms with van der Waals surface area (Å²) < 4.78 is 5.28. The first-order chi connectivity index (χ1) is 6.86. The van der Waals surface area contributed by atoms with Gasteiger partial charge in [-0.1, -0.05) is 31.4 Å². The lowest BCUT2D eigenvalue weighted by atomic mass is 10.1.